The highest BCUT2D eigenvalue weighted by atomic mass is 16.5. The number of nitrogens with zero attached hydrogens (tertiary/aromatic N) is 1. The molecule has 0 heterocycles. The molecular formula is C21H26N2O4. The summed E-state index contributed by atoms with van der Waals surface area (Å²) in [5, 5.41) is 2.87. The van der Waals surface area contributed by atoms with Gasteiger partial charge in [-0.3, -0.25) is 9.59 Å². The molecule has 0 aliphatic rings. The number of methoxy groups -OCH3 is 2. The van der Waals surface area contributed by atoms with E-state index in [1.54, 1.807) is 25.2 Å². The van der Waals surface area contributed by atoms with Gasteiger partial charge in [0.25, 0.3) is 0 Å². The topological polar surface area (TPSA) is 67.9 Å². The summed E-state index contributed by atoms with van der Waals surface area (Å²) in [5.74, 6) is 1.05. The number of hydrogen-bond acceptors (Lipinski definition) is 4. The van der Waals surface area contributed by atoms with Crippen LogP contribution in [0.5, 0.6) is 11.5 Å². The van der Waals surface area contributed by atoms with E-state index in [0.29, 0.717) is 24.6 Å². The van der Waals surface area contributed by atoms with Gasteiger partial charge in [-0.25, -0.2) is 0 Å². The van der Waals surface area contributed by atoms with Gasteiger partial charge in [-0.05, 0) is 36.8 Å². The number of carbonyl (C=O) groups is 2. The molecule has 2 aromatic carbocycles. The first-order chi connectivity index (χ1) is 12.9. The van der Waals surface area contributed by atoms with Crippen molar-refractivity contribution in [3.05, 3.63) is 53.6 Å². The summed E-state index contributed by atoms with van der Waals surface area (Å²) in [7, 11) is 3.15. The van der Waals surface area contributed by atoms with Crippen molar-refractivity contribution in [2.24, 2.45) is 0 Å². The number of anilines is 1. The summed E-state index contributed by atoms with van der Waals surface area (Å²) in [6, 6.07) is 13.2. The lowest BCUT2D eigenvalue weighted by Crippen LogP contribution is -2.33. The predicted molar refractivity (Wildman–Crippen MR) is 105 cm³/mol. The first-order valence-electron chi connectivity index (χ1n) is 8.77. The van der Waals surface area contributed by atoms with Gasteiger partial charge in [-0.2, -0.15) is 0 Å². The Kier molecular flexibility index (Phi) is 7.23. The maximum absolute atomic E-state index is 12.2. The van der Waals surface area contributed by atoms with Gasteiger partial charge in [-0.15, -0.1) is 0 Å². The number of ether oxygens (including phenoxy) is 2. The fourth-order valence-electron chi connectivity index (χ4n) is 2.69. The SMILES string of the molecule is COc1ccc(CNC(=O)CCN(C(C)=O)c2ccc(C)cc2)cc1OC. The van der Waals surface area contributed by atoms with Crippen molar-refractivity contribution in [3.63, 3.8) is 0 Å². The van der Waals surface area contributed by atoms with Gasteiger partial charge in [0.2, 0.25) is 11.8 Å². The number of carbonyl (C=O) groups excluding carboxylic acids is 2. The highest BCUT2D eigenvalue weighted by Crippen LogP contribution is 2.27. The number of aryl methyl sites for hydroxylation is 1. The van der Waals surface area contributed by atoms with Crippen LogP contribution in [-0.4, -0.2) is 32.6 Å². The van der Waals surface area contributed by atoms with Crippen molar-refractivity contribution < 1.29 is 19.1 Å². The van der Waals surface area contributed by atoms with E-state index in [-0.39, 0.29) is 18.2 Å². The van der Waals surface area contributed by atoms with Crippen LogP contribution >= 0.6 is 0 Å². The predicted octanol–water partition coefficient (Wildman–Crippen LogP) is 3.07. The van der Waals surface area contributed by atoms with Crippen molar-refractivity contribution in [3.8, 4) is 11.5 Å². The Labute approximate surface area is 160 Å². The van der Waals surface area contributed by atoms with E-state index >= 15 is 0 Å². The van der Waals surface area contributed by atoms with Gasteiger partial charge >= 0.3 is 0 Å². The Hall–Kier alpha value is -3.02. The van der Waals surface area contributed by atoms with Crippen LogP contribution in [0.25, 0.3) is 0 Å². The van der Waals surface area contributed by atoms with Crippen LogP contribution in [-0.2, 0) is 16.1 Å². The van der Waals surface area contributed by atoms with Crippen LogP contribution in [0.4, 0.5) is 5.69 Å². The first kappa shape index (κ1) is 20.3. The highest BCUT2D eigenvalue weighted by Gasteiger charge is 2.13. The molecule has 6 nitrogen and oxygen atoms in total. The number of amides is 2. The first-order valence-corrected chi connectivity index (χ1v) is 8.77. The number of hydrogen-bond donors (Lipinski definition) is 1. The third kappa shape index (κ3) is 5.74. The molecule has 2 rings (SSSR count). The summed E-state index contributed by atoms with van der Waals surface area (Å²) in [6.45, 7) is 4.20. The molecule has 144 valence electrons. The molecule has 0 bridgehead atoms. The Morgan fingerprint density at radius 3 is 2.26 bits per heavy atom. The van der Waals surface area contributed by atoms with Gasteiger partial charge in [0.05, 0.1) is 14.2 Å². The molecule has 0 aliphatic carbocycles. The molecule has 27 heavy (non-hydrogen) atoms. The van der Waals surface area contributed by atoms with Crippen molar-refractivity contribution in [2.75, 3.05) is 25.7 Å². The second kappa shape index (κ2) is 9.62. The normalized spacial score (nSPS) is 10.2. The minimum absolute atomic E-state index is 0.0912. The fraction of sp³-hybridized carbons (Fsp3) is 0.333. The van der Waals surface area contributed by atoms with Crippen molar-refractivity contribution in [1.29, 1.82) is 0 Å². The molecule has 0 saturated carbocycles. The Bertz CT molecular complexity index is 787. The Balaban J connectivity index is 1.91. The molecule has 0 radical (unpaired) electrons. The molecule has 0 atom stereocenters. The quantitative estimate of drug-likeness (QED) is 0.775. The zero-order chi connectivity index (χ0) is 19.8. The highest BCUT2D eigenvalue weighted by molar-refractivity contribution is 5.92. The average molecular weight is 370 g/mol. The maximum Gasteiger partial charge on any atom is 0.223 e. The van der Waals surface area contributed by atoms with Gasteiger partial charge in [-0.1, -0.05) is 23.8 Å². The van der Waals surface area contributed by atoms with Crippen molar-refractivity contribution >= 4 is 17.5 Å². The summed E-state index contributed by atoms with van der Waals surface area (Å²) >= 11 is 0. The average Bonchev–Trinajstić information content (AvgIpc) is 2.67. The molecule has 0 unspecified atom stereocenters. The molecule has 0 aromatic heterocycles. The Morgan fingerprint density at radius 1 is 1.00 bits per heavy atom. The number of rotatable bonds is 8. The summed E-state index contributed by atoms with van der Waals surface area (Å²) in [4.78, 5) is 25.7. The minimum Gasteiger partial charge on any atom is -0.493 e. The van der Waals surface area contributed by atoms with Crippen LogP contribution in [0, 0.1) is 6.92 Å². The lowest BCUT2D eigenvalue weighted by atomic mass is 10.2. The second-order valence-corrected chi connectivity index (χ2v) is 6.22. The monoisotopic (exact) mass is 370 g/mol. The third-order valence-corrected chi connectivity index (χ3v) is 4.23. The zero-order valence-electron chi connectivity index (χ0n) is 16.2. The summed E-state index contributed by atoms with van der Waals surface area (Å²) in [5.41, 5.74) is 2.82. The van der Waals surface area contributed by atoms with E-state index in [1.165, 1.54) is 6.92 Å². The third-order valence-electron chi connectivity index (χ3n) is 4.23. The molecule has 0 aliphatic heterocycles. The van der Waals surface area contributed by atoms with E-state index in [1.807, 2.05) is 43.3 Å². The van der Waals surface area contributed by atoms with Crippen LogP contribution in [0.15, 0.2) is 42.5 Å². The van der Waals surface area contributed by atoms with Crippen molar-refractivity contribution in [1.82, 2.24) is 5.32 Å². The number of nitrogens with one attached hydrogen (secondary N) is 1. The molecule has 2 aromatic rings. The van der Waals surface area contributed by atoms with E-state index < -0.39 is 0 Å². The van der Waals surface area contributed by atoms with E-state index in [4.69, 9.17) is 9.47 Å². The molecule has 1 N–H and O–H groups in total. The molecular weight excluding hydrogens is 344 g/mol. The van der Waals surface area contributed by atoms with E-state index in [0.717, 1.165) is 16.8 Å². The lowest BCUT2D eigenvalue weighted by Gasteiger charge is -2.21. The smallest absolute Gasteiger partial charge is 0.223 e. The standard InChI is InChI=1S/C21H26N2O4/c1-15-5-8-18(9-6-15)23(16(2)24)12-11-21(25)22-14-17-7-10-19(26-3)20(13-17)27-4/h5-10,13H,11-12,14H2,1-4H3,(H,22,25). The van der Waals surface area contributed by atoms with Crippen molar-refractivity contribution in [2.45, 2.75) is 26.8 Å². The van der Waals surface area contributed by atoms with Gasteiger partial charge < -0.3 is 19.7 Å². The molecule has 0 fully saturated rings. The molecule has 2 amide bonds. The summed E-state index contributed by atoms with van der Waals surface area (Å²) in [6.07, 6.45) is 0.223. The lowest BCUT2D eigenvalue weighted by molar-refractivity contribution is -0.121. The maximum atomic E-state index is 12.2. The number of benzene rings is 2. The fourth-order valence-corrected chi connectivity index (χ4v) is 2.69. The van der Waals surface area contributed by atoms with Crippen LogP contribution in [0.3, 0.4) is 0 Å². The Morgan fingerprint density at radius 2 is 1.67 bits per heavy atom. The van der Waals surface area contributed by atoms with Gasteiger partial charge in [0.1, 0.15) is 0 Å². The minimum atomic E-state index is -0.122. The summed E-state index contributed by atoms with van der Waals surface area (Å²) < 4.78 is 10.5. The molecule has 0 spiro atoms. The zero-order valence-corrected chi connectivity index (χ0v) is 16.2. The van der Waals surface area contributed by atoms with Crippen LogP contribution in [0.2, 0.25) is 0 Å². The molecule has 6 heteroatoms. The second-order valence-electron chi connectivity index (χ2n) is 6.22. The van der Waals surface area contributed by atoms with Gasteiger partial charge in [0.15, 0.2) is 11.5 Å². The largest absolute Gasteiger partial charge is 0.493 e. The van der Waals surface area contributed by atoms with Gasteiger partial charge in [0, 0.05) is 32.1 Å². The molecule has 0 saturated heterocycles. The van der Waals surface area contributed by atoms with E-state index in [2.05, 4.69) is 5.32 Å². The van der Waals surface area contributed by atoms with E-state index in [9.17, 15) is 9.59 Å². The van der Waals surface area contributed by atoms with Crippen LogP contribution in [0.1, 0.15) is 24.5 Å². The van der Waals surface area contributed by atoms with Crippen LogP contribution < -0.4 is 19.7 Å².